The highest BCUT2D eigenvalue weighted by Crippen LogP contribution is 2.44. The fourth-order valence-corrected chi connectivity index (χ4v) is 4.81. The van der Waals surface area contributed by atoms with E-state index in [0.717, 1.165) is 42.8 Å². The molecule has 0 aromatic carbocycles. The molecule has 4 nitrogen and oxygen atoms in total. The van der Waals surface area contributed by atoms with Crippen LogP contribution in [0.3, 0.4) is 0 Å². The molecule has 0 radical (unpaired) electrons. The second kappa shape index (κ2) is 6.75. The summed E-state index contributed by atoms with van der Waals surface area (Å²) in [5.74, 6) is 2.96. The van der Waals surface area contributed by atoms with Gasteiger partial charge in [0.05, 0.1) is 5.69 Å². The van der Waals surface area contributed by atoms with Gasteiger partial charge in [0.25, 0.3) is 0 Å². The Hall–Kier alpha value is -0.460. The van der Waals surface area contributed by atoms with E-state index in [1.807, 2.05) is 11.3 Å². The highest BCUT2D eigenvalue weighted by molar-refractivity contribution is 7.85. The van der Waals surface area contributed by atoms with Crippen molar-refractivity contribution in [3.63, 3.8) is 0 Å². The first-order valence-corrected chi connectivity index (χ1v) is 10.2. The zero-order chi connectivity index (χ0) is 14.8. The van der Waals surface area contributed by atoms with Crippen molar-refractivity contribution >= 4 is 27.3 Å². The average molecular weight is 328 g/mol. The number of nitrogens with one attached hydrogen (secondary N) is 1. The lowest BCUT2D eigenvalue weighted by Gasteiger charge is -2.25. The number of anilines is 1. The third-order valence-electron chi connectivity index (χ3n) is 3.97. The number of rotatable bonds is 6. The Labute approximate surface area is 133 Å². The Morgan fingerprint density at radius 1 is 1.38 bits per heavy atom. The lowest BCUT2D eigenvalue weighted by atomic mass is 10.2. The van der Waals surface area contributed by atoms with Gasteiger partial charge < -0.3 is 10.2 Å². The molecule has 0 amide bonds. The molecule has 2 heterocycles. The van der Waals surface area contributed by atoms with Gasteiger partial charge in [0.1, 0.15) is 0 Å². The van der Waals surface area contributed by atoms with Crippen molar-refractivity contribution in [3.05, 3.63) is 10.6 Å². The molecule has 0 spiro atoms. The summed E-state index contributed by atoms with van der Waals surface area (Å²) in [6.07, 6.45) is 2.59. The summed E-state index contributed by atoms with van der Waals surface area (Å²) in [6.45, 7) is 8.26. The molecule has 1 aromatic heterocycles. The summed E-state index contributed by atoms with van der Waals surface area (Å²) < 4.78 is 11.5. The molecule has 2 fully saturated rings. The largest absolute Gasteiger partial charge is 0.346 e. The molecule has 0 atom stereocenters. The van der Waals surface area contributed by atoms with E-state index in [9.17, 15) is 4.21 Å². The summed E-state index contributed by atoms with van der Waals surface area (Å²) in [6, 6.07) is 0. The molecule has 21 heavy (non-hydrogen) atoms. The zero-order valence-corrected chi connectivity index (χ0v) is 14.6. The monoisotopic (exact) mass is 327 g/mol. The van der Waals surface area contributed by atoms with Crippen molar-refractivity contribution in [2.24, 2.45) is 5.92 Å². The van der Waals surface area contributed by atoms with Gasteiger partial charge in [-0.2, -0.15) is 0 Å². The number of aromatic nitrogens is 1. The van der Waals surface area contributed by atoms with Crippen LogP contribution in [-0.4, -0.2) is 40.3 Å². The topological polar surface area (TPSA) is 45.2 Å². The Kier molecular flexibility index (Phi) is 4.96. The smallest absolute Gasteiger partial charge is 0.185 e. The van der Waals surface area contributed by atoms with Gasteiger partial charge in [0, 0.05) is 52.7 Å². The summed E-state index contributed by atoms with van der Waals surface area (Å²) in [5, 5.41) is 4.70. The van der Waals surface area contributed by atoms with Crippen LogP contribution in [0.2, 0.25) is 0 Å². The van der Waals surface area contributed by atoms with Gasteiger partial charge in [-0.1, -0.05) is 13.8 Å². The van der Waals surface area contributed by atoms with Crippen LogP contribution in [0.15, 0.2) is 0 Å². The Morgan fingerprint density at radius 3 is 2.71 bits per heavy atom. The maximum atomic E-state index is 11.5. The van der Waals surface area contributed by atoms with E-state index >= 15 is 0 Å². The third kappa shape index (κ3) is 4.05. The van der Waals surface area contributed by atoms with Crippen molar-refractivity contribution in [1.82, 2.24) is 10.3 Å². The first kappa shape index (κ1) is 15.4. The maximum Gasteiger partial charge on any atom is 0.185 e. The minimum absolute atomic E-state index is 0.617. The van der Waals surface area contributed by atoms with Crippen LogP contribution in [-0.2, 0) is 17.3 Å². The van der Waals surface area contributed by atoms with Gasteiger partial charge in [-0.25, -0.2) is 4.98 Å². The third-order valence-corrected chi connectivity index (χ3v) is 6.37. The zero-order valence-electron chi connectivity index (χ0n) is 12.9. The molecular formula is C15H25N3OS2. The molecule has 1 aromatic rings. The molecule has 1 aliphatic heterocycles. The number of thiazole rings is 1. The predicted octanol–water partition coefficient (Wildman–Crippen LogP) is 2.33. The molecule has 6 heteroatoms. The van der Waals surface area contributed by atoms with E-state index in [1.165, 1.54) is 23.4 Å². The number of hydrogen-bond acceptors (Lipinski definition) is 5. The van der Waals surface area contributed by atoms with Crippen LogP contribution in [0, 0.1) is 5.92 Å². The molecule has 2 aliphatic rings. The Bertz CT molecular complexity index is 501. The average Bonchev–Trinajstić information content (AvgIpc) is 3.21. The lowest BCUT2D eigenvalue weighted by molar-refractivity contribution is 0.553. The first-order chi connectivity index (χ1) is 10.1. The molecule has 1 N–H and O–H groups in total. The summed E-state index contributed by atoms with van der Waals surface area (Å²) in [5.41, 5.74) is 1.33. The minimum Gasteiger partial charge on any atom is -0.346 e. The molecular weight excluding hydrogens is 302 g/mol. The van der Waals surface area contributed by atoms with Crippen LogP contribution in [0.25, 0.3) is 0 Å². The predicted molar refractivity (Wildman–Crippen MR) is 90.7 cm³/mol. The highest BCUT2D eigenvalue weighted by Gasteiger charge is 2.31. The molecule has 1 saturated carbocycles. The normalized spacial score (nSPS) is 20.4. The van der Waals surface area contributed by atoms with Crippen molar-refractivity contribution in [1.29, 1.82) is 0 Å². The first-order valence-electron chi connectivity index (χ1n) is 7.93. The maximum absolute atomic E-state index is 11.5. The SMILES string of the molecule is CC(C)CNCc1sc(N2CCS(=O)CC2)nc1C1CC1. The second-order valence-electron chi connectivity index (χ2n) is 6.44. The molecule has 1 aliphatic carbocycles. The van der Waals surface area contributed by atoms with Crippen molar-refractivity contribution in [2.75, 3.05) is 36.0 Å². The lowest BCUT2D eigenvalue weighted by Crippen LogP contribution is -2.37. The fraction of sp³-hybridized carbons (Fsp3) is 0.800. The van der Waals surface area contributed by atoms with Crippen LogP contribution in [0.1, 0.15) is 43.2 Å². The van der Waals surface area contributed by atoms with Gasteiger partial charge in [-0.3, -0.25) is 4.21 Å². The second-order valence-corrected chi connectivity index (χ2v) is 9.20. The van der Waals surface area contributed by atoms with Gasteiger partial charge in [-0.15, -0.1) is 11.3 Å². The van der Waals surface area contributed by atoms with Gasteiger partial charge in [0.15, 0.2) is 5.13 Å². The number of hydrogen-bond donors (Lipinski definition) is 1. The minimum atomic E-state index is -0.617. The standard InChI is InChI=1S/C15H25N3OS2/c1-11(2)9-16-10-13-14(12-3-4-12)17-15(20-13)18-5-7-21(19)8-6-18/h11-12,16H,3-10H2,1-2H3. The van der Waals surface area contributed by atoms with E-state index in [0.29, 0.717) is 11.8 Å². The summed E-state index contributed by atoms with van der Waals surface area (Å²) in [4.78, 5) is 8.66. The molecule has 0 unspecified atom stereocenters. The highest BCUT2D eigenvalue weighted by atomic mass is 32.2. The van der Waals surface area contributed by atoms with Crippen LogP contribution < -0.4 is 10.2 Å². The van der Waals surface area contributed by atoms with E-state index in [1.54, 1.807) is 0 Å². The Morgan fingerprint density at radius 2 is 2.10 bits per heavy atom. The van der Waals surface area contributed by atoms with Crippen LogP contribution in [0.4, 0.5) is 5.13 Å². The van der Waals surface area contributed by atoms with E-state index in [-0.39, 0.29) is 0 Å². The molecule has 1 saturated heterocycles. The van der Waals surface area contributed by atoms with Crippen LogP contribution >= 0.6 is 11.3 Å². The van der Waals surface area contributed by atoms with Crippen molar-refractivity contribution in [2.45, 2.75) is 39.2 Å². The molecule has 118 valence electrons. The summed E-state index contributed by atoms with van der Waals surface area (Å²) >= 11 is 1.84. The Balaban J connectivity index is 1.68. The fourth-order valence-electron chi connectivity index (χ4n) is 2.59. The molecule has 0 bridgehead atoms. The molecule has 3 rings (SSSR count). The van der Waals surface area contributed by atoms with Crippen molar-refractivity contribution in [3.8, 4) is 0 Å². The van der Waals surface area contributed by atoms with Gasteiger partial charge >= 0.3 is 0 Å². The van der Waals surface area contributed by atoms with Crippen molar-refractivity contribution < 1.29 is 4.21 Å². The van der Waals surface area contributed by atoms with E-state index < -0.39 is 10.8 Å². The number of nitrogens with zero attached hydrogens (tertiary/aromatic N) is 2. The van der Waals surface area contributed by atoms with E-state index in [2.05, 4.69) is 24.1 Å². The quantitative estimate of drug-likeness (QED) is 0.871. The van der Waals surface area contributed by atoms with E-state index in [4.69, 9.17) is 4.98 Å². The van der Waals surface area contributed by atoms with Crippen LogP contribution in [0.5, 0.6) is 0 Å². The summed E-state index contributed by atoms with van der Waals surface area (Å²) in [7, 11) is -0.617. The van der Waals surface area contributed by atoms with Gasteiger partial charge in [0.2, 0.25) is 0 Å². The van der Waals surface area contributed by atoms with Gasteiger partial charge in [-0.05, 0) is 25.3 Å².